The van der Waals surface area contributed by atoms with Gasteiger partial charge in [0.15, 0.2) is 5.79 Å². The molecule has 1 unspecified atom stereocenters. The Hall–Kier alpha value is -0.643. The molecule has 12 heavy (non-hydrogen) atoms. The Kier molecular flexibility index (Phi) is 1.79. The van der Waals surface area contributed by atoms with E-state index >= 15 is 0 Å². The quantitative estimate of drug-likeness (QED) is 0.509. The lowest BCUT2D eigenvalue weighted by Gasteiger charge is -2.21. The van der Waals surface area contributed by atoms with Gasteiger partial charge in [0.1, 0.15) is 0 Å². The number of benzene rings is 1. The van der Waals surface area contributed by atoms with Gasteiger partial charge in [0.25, 0.3) is 10.5 Å². The van der Waals surface area contributed by atoms with E-state index in [0.29, 0.717) is 6.42 Å². The summed E-state index contributed by atoms with van der Waals surface area (Å²) in [7, 11) is 2.90. The Labute approximate surface area is 74.7 Å². The largest absolute Gasteiger partial charge is 0.389 e. The van der Waals surface area contributed by atoms with E-state index in [4.69, 9.17) is 4.43 Å². The number of rotatable bonds is 1. The van der Waals surface area contributed by atoms with Gasteiger partial charge in [-0.1, -0.05) is 24.3 Å². The van der Waals surface area contributed by atoms with E-state index in [1.807, 2.05) is 24.3 Å². The van der Waals surface area contributed by atoms with Crippen LogP contribution < -0.4 is 0 Å². The molecule has 1 N–H and O–H groups in total. The van der Waals surface area contributed by atoms with E-state index in [-0.39, 0.29) is 0 Å². The number of aryl methyl sites for hydroxylation is 1. The topological polar surface area (TPSA) is 29.5 Å². The predicted octanol–water partition coefficient (Wildman–Crippen LogP) is 0.878. The number of fused-ring (bicyclic) bond motifs is 1. The van der Waals surface area contributed by atoms with Crippen molar-refractivity contribution >= 4 is 10.5 Å². The number of hydrogen-bond donors (Lipinski definition) is 1. The Balaban J connectivity index is 2.49. The third-order valence-corrected chi connectivity index (χ3v) is 2.68. The maximum Gasteiger partial charge on any atom is 0.250 e. The van der Waals surface area contributed by atoms with E-state index in [0.717, 1.165) is 12.0 Å². The molecule has 0 saturated carbocycles. The van der Waals surface area contributed by atoms with E-state index in [9.17, 15) is 5.11 Å². The zero-order valence-corrected chi connectivity index (χ0v) is 7.58. The van der Waals surface area contributed by atoms with E-state index in [1.165, 1.54) is 5.56 Å². The first-order valence-electron chi connectivity index (χ1n) is 3.92. The summed E-state index contributed by atoms with van der Waals surface area (Å²) in [6.45, 7) is 0. The van der Waals surface area contributed by atoms with Gasteiger partial charge in [-0.15, -0.1) is 0 Å². The van der Waals surface area contributed by atoms with E-state index in [2.05, 4.69) is 10.5 Å². The summed E-state index contributed by atoms with van der Waals surface area (Å²) >= 11 is 0. The Morgan fingerprint density at radius 1 is 1.42 bits per heavy atom. The smallest absolute Gasteiger partial charge is 0.250 e. The summed E-state index contributed by atoms with van der Waals surface area (Å²) in [6, 6.07) is 7.78. The van der Waals surface area contributed by atoms with Gasteiger partial charge in [-0.05, 0) is 12.0 Å². The second-order valence-corrected chi connectivity index (χ2v) is 3.25. The Morgan fingerprint density at radius 2 is 2.17 bits per heavy atom. The molecule has 1 atom stereocenters. The molecular weight excluding hydrogens is 168 g/mol. The molecule has 3 heteroatoms. The van der Waals surface area contributed by atoms with Gasteiger partial charge in [-0.2, -0.15) is 0 Å². The van der Waals surface area contributed by atoms with Crippen molar-refractivity contribution in [3.8, 4) is 0 Å². The number of hydrogen-bond acceptors (Lipinski definition) is 2. The van der Waals surface area contributed by atoms with Crippen LogP contribution in [0.4, 0.5) is 0 Å². The molecule has 0 aliphatic heterocycles. The molecule has 1 aromatic carbocycles. The fraction of sp³-hybridized carbons (Fsp3) is 0.333. The van der Waals surface area contributed by atoms with Crippen LogP contribution in [0.3, 0.4) is 0 Å². The molecular formula is C9H9O2Si. The molecule has 0 bridgehead atoms. The first-order chi connectivity index (χ1) is 5.76. The fourth-order valence-corrected chi connectivity index (χ4v) is 1.88. The van der Waals surface area contributed by atoms with Crippen LogP contribution in [0.1, 0.15) is 17.5 Å². The van der Waals surface area contributed by atoms with Crippen molar-refractivity contribution in [1.29, 1.82) is 0 Å². The van der Waals surface area contributed by atoms with Crippen LogP contribution in [0.15, 0.2) is 24.3 Å². The fourth-order valence-electron chi connectivity index (χ4n) is 1.66. The van der Waals surface area contributed by atoms with Crippen LogP contribution in [0, 0.1) is 0 Å². The molecule has 1 aliphatic carbocycles. The highest BCUT2D eigenvalue weighted by atomic mass is 28.2. The van der Waals surface area contributed by atoms with Crippen molar-refractivity contribution in [2.75, 3.05) is 0 Å². The van der Waals surface area contributed by atoms with Gasteiger partial charge in [-0.25, -0.2) is 0 Å². The van der Waals surface area contributed by atoms with Gasteiger partial charge in [0.2, 0.25) is 0 Å². The first kappa shape index (κ1) is 7.98. The van der Waals surface area contributed by atoms with Crippen LogP contribution in [-0.2, 0) is 16.6 Å². The average Bonchev–Trinajstić information content (AvgIpc) is 2.46. The lowest BCUT2D eigenvalue weighted by molar-refractivity contribution is -0.140. The maximum atomic E-state index is 9.88. The SMILES string of the molecule is OC1(O[Si])CCc2ccccc21. The normalized spacial score (nSPS) is 27.2. The standard InChI is InChI=1S/C9H9O2Si/c10-9(11-12)6-5-7-3-1-2-4-8(7)9/h1-4,10H,5-6H2. The minimum absolute atomic E-state index is 0.621. The van der Waals surface area contributed by atoms with Crippen molar-refractivity contribution in [3.05, 3.63) is 35.4 Å². The third-order valence-electron chi connectivity index (χ3n) is 2.34. The summed E-state index contributed by atoms with van der Waals surface area (Å²) in [6.07, 6.45) is 1.49. The van der Waals surface area contributed by atoms with E-state index < -0.39 is 5.79 Å². The zero-order valence-electron chi connectivity index (χ0n) is 6.58. The second-order valence-electron chi connectivity index (χ2n) is 3.04. The summed E-state index contributed by atoms with van der Waals surface area (Å²) < 4.78 is 4.89. The highest BCUT2D eigenvalue weighted by molar-refractivity contribution is 5.98. The molecule has 0 aromatic heterocycles. The molecule has 0 spiro atoms. The van der Waals surface area contributed by atoms with Gasteiger partial charge < -0.3 is 9.53 Å². The summed E-state index contributed by atoms with van der Waals surface area (Å²) in [5.41, 5.74) is 2.04. The van der Waals surface area contributed by atoms with Crippen molar-refractivity contribution in [3.63, 3.8) is 0 Å². The first-order valence-corrected chi connectivity index (χ1v) is 4.32. The Morgan fingerprint density at radius 3 is 2.92 bits per heavy atom. The van der Waals surface area contributed by atoms with Crippen molar-refractivity contribution in [2.45, 2.75) is 18.6 Å². The molecule has 1 aromatic rings. The second kappa shape index (κ2) is 2.69. The molecule has 1 aliphatic rings. The van der Waals surface area contributed by atoms with E-state index in [1.54, 1.807) is 0 Å². The monoisotopic (exact) mass is 177 g/mol. The predicted molar refractivity (Wildman–Crippen MR) is 45.5 cm³/mol. The van der Waals surface area contributed by atoms with Gasteiger partial charge in [0.05, 0.1) is 0 Å². The van der Waals surface area contributed by atoms with Crippen LogP contribution in [-0.4, -0.2) is 15.6 Å². The summed E-state index contributed by atoms with van der Waals surface area (Å²) in [5.74, 6) is -1.12. The van der Waals surface area contributed by atoms with Crippen LogP contribution >= 0.6 is 0 Å². The highest BCUT2D eigenvalue weighted by Crippen LogP contribution is 2.36. The Bertz CT molecular complexity index is 300. The molecule has 2 rings (SSSR count). The lowest BCUT2D eigenvalue weighted by atomic mass is 10.1. The van der Waals surface area contributed by atoms with Crippen LogP contribution in [0.25, 0.3) is 0 Å². The minimum atomic E-state index is -1.12. The minimum Gasteiger partial charge on any atom is -0.389 e. The highest BCUT2D eigenvalue weighted by Gasteiger charge is 2.35. The molecule has 0 amide bonds. The lowest BCUT2D eigenvalue weighted by Crippen LogP contribution is -2.24. The van der Waals surface area contributed by atoms with Crippen LogP contribution in [0.2, 0.25) is 0 Å². The molecule has 0 fully saturated rings. The van der Waals surface area contributed by atoms with Crippen molar-refractivity contribution < 1.29 is 9.53 Å². The summed E-state index contributed by atoms with van der Waals surface area (Å²) in [4.78, 5) is 0. The number of aliphatic hydroxyl groups is 1. The summed E-state index contributed by atoms with van der Waals surface area (Å²) in [5, 5.41) is 9.88. The van der Waals surface area contributed by atoms with Crippen molar-refractivity contribution in [1.82, 2.24) is 0 Å². The third kappa shape index (κ3) is 1.02. The molecule has 0 heterocycles. The molecule has 2 nitrogen and oxygen atoms in total. The average molecular weight is 177 g/mol. The molecule has 61 valence electrons. The zero-order chi connectivity index (χ0) is 8.60. The maximum absolute atomic E-state index is 9.88. The van der Waals surface area contributed by atoms with Gasteiger partial charge in [0, 0.05) is 12.0 Å². The van der Waals surface area contributed by atoms with Gasteiger partial charge in [-0.3, -0.25) is 0 Å². The van der Waals surface area contributed by atoms with Crippen molar-refractivity contribution in [2.24, 2.45) is 0 Å². The molecule has 3 radical (unpaired) electrons. The van der Waals surface area contributed by atoms with Crippen LogP contribution in [0.5, 0.6) is 0 Å². The molecule has 0 saturated heterocycles. The van der Waals surface area contributed by atoms with Gasteiger partial charge >= 0.3 is 0 Å².